The second-order valence-electron chi connectivity index (χ2n) is 4.57. The van der Waals surface area contributed by atoms with E-state index in [1.54, 1.807) is 0 Å². The van der Waals surface area contributed by atoms with E-state index in [1.807, 2.05) is 25.2 Å². The van der Waals surface area contributed by atoms with Crippen LogP contribution in [0.5, 0.6) is 0 Å². The van der Waals surface area contributed by atoms with Gasteiger partial charge in [0.2, 0.25) is 0 Å². The Morgan fingerprint density at radius 1 is 1.25 bits per heavy atom. The van der Waals surface area contributed by atoms with E-state index in [0.29, 0.717) is 0 Å². The summed E-state index contributed by atoms with van der Waals surface area (Å²) in [5.41, 5.74) is 1.26. The van der Waals surface area contributed by atoms with Crippen LogP contribution in [0, 0.1) is 5.41 Å². The van der Waals surface area contributed by atoms with E-state index in [1.165, 1.54) is 0 Å². The Kier molecular flexibility index (Phi) is 5.10. The minimum Gasteiger partial charge on any atom is -0.319 e. The highest BCUT2D eigenvalue weighted by Gasteiger charge is 2.23. The van der Waals surface area contributed by atoms with Gasteiger partial charge in [-0.25, -0.2) is 0 Å². The summed E-state index contributed by atoms with van der Waals surface area (Å²) in [6, 6.07) is 5.69. The largest absolute Gasteiger partial charge is 0.319 e. The molecule has 0 saturated carbocycles. The van der Waals surface area contributed by atoms with Crippen molar-refractivity contribution in [3.05, 3.63) is 33.8 Å². The lowest BCUT2D eigenvalue weighted by Crippen LogP contribution is -2.31. The average Bonchev–Trinajstić information content (AvgIpc) is 2.24. The number of nitrogens with one attached hydrogen (secondary N) is 1. The number of benzene rings is 1. The number of halogens is 2. The van der Waals surface area contributed by atoms with Crippen LogP contribution in [0.1, 0.15) is 25.8 Å². The van der Waals surface area contributed by atoms with Gasteiger partial charge >= 0.3 is 0 Å². The predicted octanol–water partition coefficient (Wildman–Crippen LogP) is 4.17. The van der Waals surface area contributed by atoms with Crippen molar-refractivity contribution in [3.63, 3.8) is 0 Å². The molecule has 0 aliphatic heterocycles. The molecule has 1 aromatic rings. The standard InChI is InChI=1S/C13H19Cl2N/c1-4-13(2,9-16-3)8-10-11(14)6-5-7-12(10)15/h5-7,16H,4,8-9H2,1-3H3. The van der Waals surface area contributed by atoms with Crippen LogP contribution in [0.4, 0.5) is 0 Å². The van der Waals surface area contributed by atoms with E-state index in [9.17, 15) is 0 Å². The highest BCUT2D eigenvalue weighted by atomic mass is 35.5. The van der Waals surface area contributed by atoms with Crippen molar-refractivity contribution in [1.29, 1.82) is 0 Å². The van der Waals surface area contributed by atoms with Gasteiger partial charge in [0.15, 0.2) is 0 Å². The molecular formula is C13H19Cl2N. The van der Waals surface area contributed by atoms with Crippen molar-refractivity contribution < 1.29 is 0 Å². The van der Waals surface area contributed by atoms with E-state index in [4.69, 9.17) is 23.2 Å². The normalized spacial score (nSPS) is 14.8. The fraction of sp³-hybridized carbons (Fsp3) is 0.538. The molecule has 0 aromatic heterocycles. The molecule has 1 N–H and O–H groups in total. The Morgan fingerprint density at radius 3 is 2.25 bits per heavy atom. The Labute approximate surface area is 108 Å². The first-order valence-corrected chi connectivity index (χ1v) is 6.35. The molecule has 90 valence electrons. The van der Waals surface area contributed by atoms with Gasteiger partial charge in [0.1, 0.15) is 0 Å². The van der Waals surface area contributed by atoms with Crippen LogP contribution in [-0.2, 0) is 6.42 Å². The first kappa shape index (κ1) is 13.8. The highest BCUT2D eigenvalue weighted by molar-refractivity contribution is 6.36. The topological polar surface area (TPSA) is 12.0 Å². The molecule has 0 spiro atoms. The maximum atomic E-state index is 6.19. The molecule has 16 heavy (non-hydrogen) atoms. The zero-order valence-corrected chi connectivity index (χ0v) is 11.6. The first-order chi connectivity index (χ1) is 7.52. The Hall–Kier alpha value is -0.240. The molecule has 0 amide bonds. The molecule has 1 aromatic carbocycles. The summed E-state index contributed by atoms with van der Waals surface area (Å²) in [7, 11) is 1.97. The molecule has 1 nitrogen and oxygen atoms in total. The summed E-state index contributed by atoms with van der Waals surface area (Å²) in [6.07, 6.45) is 2.00. The van der Waals surface area contributed by atoms with Gasteiger partial charge in [0.25, 0.3) is 0 Å². The molecular weight excluding hydrogens is 241 g/mol. The van der Waals surface area contributed by atoms with Crippen molar-refractivity contribution in [2.45, 2.75) is 26.7 Å². The van der Waals surface area contributed by atoms with Crippen LogP contribution in [-0.4, -0.2) is 13.6 Å². The fourth-order valence-electron chi connectivity index (χ4n) is 1.87. The number of hydrogen-bond donors (Lipinski definition) is 1. The van der Waals surface area contributed by atoms with Gasteiger partial charge in [-0.05, 0) is 43.0 Å². The van der Waals surface area contributed by atoms with Crippen LogP contribution in [0.15, 0.2) is 18.2 Å². The lowest BCUT2D eigenvalue weighted by Gasteiger charge is -2.29. The average molecular weight is 260 g/mol. The van der Waals surface area contributed by atoms with Crippen molar-refractivity contribution in [3.8, 4) is 0 Å². The van der Waals surface area contributed by atoms with Crippen LogP contribution < -0.4 is 5.32 Å². The van der Waals surface area contributed by atoms with E-state index < -0.39 is 0 Å². The summed E-state index contributed by atoms with van der Waals surface area (Å²) in [4.78, 5) is 0. The van der Waals surface area contributed by atoms with Gasteiger partial charge in [-0.1, -0.05) is 43.1 Å². The molecule has 1 rings (SSSR count). The third-order valence-electron chi connectivity index (χ3n) is 3.12. The Balaban J connectivity index is 2.94. The molecule has 0 radical (unpaired) electrons. The summed E-state index contributed by atoms with van der Waals surface area (Å²) in [5.74, 6) is 0. The molecule has 1 unspecified atom stereocenters. The molecule has 1 atom stereocenters. The second kappa shape index (κ2) is 5.90. The van der Waals surface area contributed by atoms with Gasteiger partial charge in [-0.15, -0.1) is 0 Å². The monoisotopic (exact) mass is 259 g/mol. The maximum absolute atomic E-state index is 6.19. The third-order valence-corrected chi connectivity index (χ3v) is 3.83. The second-order valence-corrected chi connectivity index (χ2v) is 5.39. The predicted molar refractivity (Wildman–Crippen MR) is 72.5 cm³/mol. The van der Waals surface area contributed by atoms with Crippen LogP contribution in [0.25, 0.3) is 0 Å². The Morgan fingerprint density at radius 2 is 1.81 bits per heavy atom. The van der Waals surface area contributed by atoms with Crippen LogP contribution in [0.3, 0.4) is 0 Å². The quantitative estimate of drug-likeness (QED) is 0.837. The lowest BCUT2D eigenvalue weighted by atomic mass is 9.81. The van der Waals surface area contributed by atoms with Gasteiger partial charge < -0.3 is 5.32 Å². The minimum atomic E-state index is 0.198. The molecule has 0 aliphatic rings. The van der Waals surface area contributed by atoms with Crippen LogP contribution in [0.2, 0.25) is 10.0 Å². The van der Waals surface area contributed by atoms with Crippen molar-refractivity contribution in [1.82, 2.24) is 5.32 Å². The van der Waals surface area contributed by atoms with Gasteiger partial charge in [-0.3, -0.25) is 0 Å². The van der Waals surface area contributed by atoms with Crippen LogP contribution >= 0.6 is 23.2 Å². The van der Waals surface area contributed by atoms with E-state index in [-0.39, 0.29) is 5.41 Å². The molecule has 0 saturated heterocycles. The summed E-state index contributed by atoms with van der Waals surface area (Å²) < 4.78 is 0. The number of hydrogen-bond acceptors (Lipinski definition) is 1. The van der Waals surface area contributed by atoms with Crippen molar-refractivity contribution >= 4 is 23.2 Å². The van der Waals surface area contributed by atoms with E-state index >= 15 is 0 Å². The first-order valence-electron chi connectivity index (χ1n) is 5.60. The minimum absolute atomic E-state index is 0.198. The maximum Gasteiger partial charge on any atom is 0.0453 e. The SMILES string of the molecule is CCC(C)(CNC)Cc1c(Cl)cccc1Cl. The lowest BCUT2D eigenvalue weighted by molar-refractivity contribution is 0.299. The fourth-order valence-corrected chi connectivity index (χ4v) is 2.40. The smallest absolute Gasteiger partial charge is 0.0453 e. The van der Waals surface area contributed by atoms with Gasteiger partial charge in [0.05, 0.1) is 0 Å². The molecule has 0 heterocycles. The van der Waals surface area contributed by atoms with Gasteiger partial charge in [0, 0.05) is 16.6 Å². The van der Waals surface area contributed by atoms with Crippen molar-refractivity contribution in [2.24, 2.45) is 5.41 Å². The third kappa shape index (κ3) is 3.38. The Bertz CT molecular complexity index is 332. The summed E-state index contributed by atoms with van der Waals surface area (Å²) in [6.45, 7) is 5.41. The molecule has 0 aliphatic carbocycles. The zero-order chi connectivity index (χ0) is 12.2. The van der Waals surface area contributed by atoms with E-state index in [0.717, 1.165) is 35.0 Å². The van der Waals surface area contributed by atoms with E-state index in [2.05, 4.69) is 19.2 Å². The molecule has 0 bridgehead atoms. The molecule has 0 fully saturated rings. The summed E-state index contributed by atoms with van der Waals surface area (Å²) >= 11 is 12.4. The van der Waals surface area contributed by atoms with Gasteiger partial charge in [-0.2, -0.15) is 0 Å². The number of rotatable bonds is 5. The van der Waals surface area contributed by atoms with Crippen molar-refractivity contribution in [2.75, 3.05) is 13.6 Å². The highest BCUT2D eigenvalue weighted by Crippen LogP contribution is 2.33. The molecule has 3 heteroatoms. The zero-order valence-electron chi connectivity index (χ0n) is 10.1. The summed E-state index contributed by atoms with van der Waals surface area (Å²) in [5, 5.41) is 4.77.